The van der Waals surface area contributed by atoms with Crippen molar-refractivity contribution < 1.29 is 8.42 Å². The first-order chi connectivity index (χ1) is 10.9. The molecule has 0 saturated heterocycles. The number of thiophene rings is 1. The molecule has 0 aliphatic rings. The molecule has 140 valence electrons. The third kappa shape index (κ3) is 8.63. The molecule has 0 unspecified atom stereocenters. The smallest absolute Gasteiger partial charge is 0.213 e. The summed E-state index contributed by atoms with van der Waals surface area (Å²) in [5.41, 5.74) is 0. The van der Waals surface area contributed by atoms with Gasteiger partial charge in [-0.25, -0.2) is 17.7 Å². The van der Waals surface area contributed by atoms with Crippen molar-refractivity contribution in [3.8, 4) is 0 Å². The number of halogens is 1. The van der Waals surface area contributed by atoms with Gasteiger partial charge in [-0.1, -0.05) is 0 Å². The van der Waals surface area contributed by atoms with Crippen molar-refractivity contribution in [2.24, 2.45) is 4.99 Å². The molecule has 24 heavy (non-hydrogen) atoms. The van der Waals surface area contributed by atoms with Gasteiger partial charge in [-0.15, -0.1) is 35.3 Å². The van der Waals surface area contributed by atoms with E-state index in [1.165, 1.54) is 14.1 Å². The molecule has 0 amide bonds. The van der Waals surface area contributed by atoms with Crippen molar-refractivity contribution in [2.45, 2.75) is 33.7 Å². The molecular weight excluding hydrogens is 459 g/mol. The zero-order valence-corrected chi connectivity index (χ0v) is 18.8. The van der Waals surface area contributed by atoms with Crippen LogP contribution in [0.3, 0.4) is 0 Å². The molecule has 1 aromatic rings. The number of hydrogen-bond donors (Lipinski definition) is 2. The average molecular weight is 488 g/mol. The highest BCUT2D eigenvalue weighted by Gasteiger charge is 2.13. The van der Waals surface area contributed by atoms with Gasteiger partial charge in [0.1, 0.15) is 0 Å². The van der Waals surface area contributed by atoms with Crippen LogP contribution in [0, 0.1) is 6.92 Å². The predicted octanol–water partition coefficient (Wildman–Crippen LogP) is 2.40. The van der Waals surface area contributed by atoms with Gasteiger partial charge in [0, 0.05) is 36.4 Å². The molecule has 2 N–H and O–H groups in total. The number of nitrogens with zero attached hydrogens (tertiary/aromatic N) is 2. The van der Waals surface area contributed by atoms with E-state index in [0.29, 0.717) is 19.6 Å². The fourth-order valence-corrected chi connectivity index (χ4v) is 3.60. The van der Waals surface area contributed by atoms with Crippen LogP contribution >= 0.6 is 35.3 Å². The first-order valence-electron chi connectivity index (χ1n) is 7.90. The second-order valence-electron chi connectivity index (χ2n) is 5.21. The van der Waals surface area contributed by atoms with Gasteiger partial charge < -0.3 is 10.6 Å². The van der Waals surface area contributed by atoms with Gasteiger partial charge in [0.2, 0.25) is 10.0 Å². The maximum absolute atomic E-state index is 11.7. The topological polar surface area (TPSA) is 73.8 Å². The molecule has 0 aliphatic heterocycles. The van der Waals surface area contributed by atoms with E-state index in [4.69, 9.17) is 0 Å². The van der Waals surface area contributed by atoms with Crippen molar-refractivity contribution in [1.29, 1.82) is 0 Å². The molecule has 9 heteroatoms. The van der Waals surface area contributed by atoms with Crippen LogP contribution in [0.1, 0.15) is 30.0 Å². The Hall–Kier alpha value is -0.390. The molecule has 1 rings (SSSR count). The highest BCUT2D eigenvalue weighted by Crippen LogP contribution is 2.15. The van der Waals surface area contributed by atoms with Gasteiger partial charge in [0.25, 0.3) is 0 Å². The molecule has 0 aromatic carbocycles. The fourth-order valence-electron chi connectivity index (χ4n) is 1.94. The molecule has 0 spiro atoms. The number of nitrogens with one attached hydrogen (secondary N) is 2. The minimum absolute atomic E-state index is 0. The minimum atomic E-state index is -3.09. The lowest BCUT2D eigenvalue weighted by molar-refractivity contribution is 0.461. The van der Waals surface area contributed by atoms with Crippen molar-refractivity contribution >= 4 is 51.3 Å². The van der Waals surface area contributed by atoms with Crippen LogP contribution in [0.25, 0.3) is 0 Å². The van der Waals surface area contributed by atoms with Gasteiger partial charge in [0.05, 0.1) is 12.3 Å². The number of hydrogen-bond acceptors (Lipinski definition) is 4. The number of guanidine groups is 1. The number of aliphatic imine (C=N–C) groups is 1. The fraction of sp³-hybridized carbons (Fsp3) is 0.667. The Morgan fingerprint density at radius 1 is 1.29 bits per heavy atom. The lowest BCUT2D eigenvalue weighted by atomic mass is 10.4. The predicted molar refractivity (Wildman–Crippen MR) is 114 cm³/mol. The third-order valence-corrected chi connectivity index (χ3v) is 6.16. The lowest BCUT2D eigenvalue weighted by Crippen LogP contribution is -2.39. The zero-order chi connectivity index (χ0) is 17.3. The zero-order valence-electron chi connectivity index (χ0n) is 14.8. The summed E-state index contributed by atoms with van der Waals surface area (Å²) in [6.45, 7) is 8.39. The molecule has 0 aliphatic carbocycles. The van der Waals surface area contributed by atoms with Gasteiger partial charge in [0.15, 0.2) is 5.96 Å². The molecule has 0 saturated carbocycles. The molecular formula is C15H29IN4O2S2. The van der Waals surface area contributed by atoms with Crippen LogP contribution in [0.15, 0.2) is 17.1 Å². The molecule has 0 fully saturated rings. The summed E-state index contributed by atoms with van der Waals surface area (Å²) in [6.07, 6.45) is 0.734. The van der Waals surface area contributed by atoms with Crippen molar-refractivity contribution in [2.75, 3.05) is 32.4 Å². The summed E-state index contributed by atoms with van der Waals surface area (Å²) in [4.78, 5) is 7.07. The monoisotopic (exact) mass is 488 g/mol. The molecule has 0 bridgehead atoms. The van der Waals surface area contributed by atoms with Gasteiger partial charge in [-0.3, -0.25) is 0 Å². The number of sulfonamides is 1. The Morgan fingerprint density at radius 3 is 2.54 bits per heavy atom. The Morgan fingerprint density at radius 2 is 2.00 bits per heavy atom. The van der Waals surface area contributed by atoms with Crippen LogP contribution in [-0.2, 0) is 16.6 Å². The van der Waals surface area contributed by atoms with Gasteiger partial charge in [-0.05, 0) is 39.3 Å². The van der Waals surface area contributed by atoms with Crippen LogP contribution in [0.4, 0.5) is 0 Å². The summed E-state index contributed by atoms with van der Waals surface area (Å²) in [6, 6.07) is 4.19. The minimum Gasteiger partial charge on any atom is -0.357 e. The summed E-state index contributed by atoms with van der Waals surface area (Å²) >= 11 is 1.75. The Balaban J connectivity index is 0.00000529. The summed E-state index contributed by atoms with van der Waals surface area (Å²) < 4.78 is 24.7. The highest BCUT2D eigenvalue weighted by atomic mass is 127. The number of rotatable bonds is 9. The van der Waals surface area contributed by atoms with E-state index < -0.39 is 10.0 Å². The highest BCUT2D eigenvalue weighted by molar-refractivity contribution is 14.0. The maximum atomic E-state index is 11.7. The third-order valence-electron chi connectivity index (χ3n) is 3.32. The van der Waals surface area contributed by atoms with E-state index in [1.807, 2.05) is 6.92 Å². The molecule has 6 nitrogen and oxygen atoms in total. The van der Waals surface area contributed by atoms with Gasteiger partial charge >= 0.3 is 0 Å². The standard InChI is InChI=1S/C15H28N4O2S2.HI/c1-5-16-15(18-12-14-9-8-13(3)22-14)17-10-7-11-19(4)23(20,21)6-2;/h8-9H,5-7,10-12H2,1-4H3,(H2,16,17,18);1H. The van der Waals surface area contributed by atoms with Crippen LogP contribution in [0.2, 0.25) is 0 Å². The van der Waals surface area contributed by atoms with E-state index in [1.54, 1.807) is 25.3 Å². The van der Waals surface area contributed by atoms with Crippen molar-refractivity contribution in [1.82, 2.24) is 14.9 Å². The van der Waals surface area contributed by atoms with Crippen LogP contribution < -0.4 is 10.6 Å². The van der Waals surface area contributed by atoms with Crippen molar-refractivity contribution in [3.05, 3.63) is 21.9 Å². The van der Waals surface area contributed by atoms with Crippen molar-refractivity contribution in [3.63, 3.8) is 0 Å². The van der Waals surface area contributed by atoms with Gasteiger partial charge in [-0.2, -0.15) is 0 Å². The first-order valence-corrected chi connectivity index (χ1v) is 10.3. The van der Waals surface area contributed by atoms with E-state index in [2.05, 4.69) is 34.7 Å². The van der Waals surface area contributed by atoms with E-state index >= 15 is 0 Å². The van der Waals surface area contributed by atoms with E-state index in [9.17, 15) is 8.42 Å². The van der Waals surface area contributed by atoms with Crippen LogP contribution in [-0.4, -0.2) is 51.1 Å². The second kappa shape index (κ2) is 12.0. The SMILES string of the molecule is CCNC(=NCc1ccc(C)s1)NCCCN(C)S(=O)(=O)CC.I. The molecule has 1 aromatic heterocycles. The summed E-state index contributed by atoms with van der Waals surface area (Å²) in [7, 11) is -1.47. The molecule has 0 atom stereocenters. The van der Waals surface area contributed by atoms with E-state index in [-0.39, 0.29) is 29.7 Å². The Bertz CT molecular complexity index is 602. The van der Waals surface area contributed by atoms with E-state index in [0.717, 1.165) is 18.9 Å². The second-order valence-corrected chi connectivity index (χ2v) is 8.95. The summed E-state index contributed by atoms with van der Waals surface area (Å²) in [5, 5.41) is 6.45. The summed E-state index contributed by atoms with van der Waals surface area (Å²) in [5.74, 6) is 0.904. The number of aryl methyl sites for hydroxylation is 1. The molecule has 0 radical (unpaired) electrons. The Kier molecular flexibility index (Phi) is 11.8. The molecule has 1 heterocycles. The lowest BCUT2D eigenvalue weighted by Gasteiger charge is -2.16. The largest absolute Gasteiger partial charge is 0.357 e. The first kappa shape index (κ1) is 23.6. The Labute approximate surface area is 167 Å². The van der Waals surface area contributed by atoms with Crippen LogP contribution in [0.5, 0.6) is 0 Å². The quantitative estimate of drug-likeness (QED) is 0.242. The average Bonchev–Trinajstić information content (AvgIpc) is 2.94. The maximum Gasteiger partial charge on any atom is 0.213 e. The normalized spacial score (nSPS) is 12.1.